The number of para-hydroxylation sites is 1. The third-order valence-electron chi connectivity index (χ3n) is 5.22. The topological polar surface area (TPSA) is 93.9 Å². The molecule has 8 nitrogen and oxygen atoms in total. The summed E-state index contributed by atoms with van der Waals surface area (Å²) >= 11 is 0. The van der Waals surface area contributed by atoms with Crippen molar-refractivity contribution in [1.29, 1.82) is 0 Å². The van der Waals surface area contributed by atoms with Gasteiger partial charge in [-0.3, -0.25) is 19.8 Å². The van der Waals surface area contributed by atoms with Crippen molar-refractivity contribution < 1.29 is 19.2 Å². The minimum Gasteiger partial charge on any atom is -0.497 e. The van der Waals surface area contributed by atoms with Gasteiger partial charge in [-0.15, -0.1) is 0 Å². The van der Waals surface area contributed by atoms with Crippen molar-refractivity contribution in [3.63, 3.8) is 0 Å². The fourth-order valence-corrected chi connectivity index (χ4v) is 3.80. The van der Waals surface area contributed by atoms with Crippen molar-refractivity contribution in [2.45, 2.75) is 25.8 Å². The molecule has 0 saturated carbocycles. The summed E-state index contributed by atoms with van der Waals surface area (Å²) in [7, 11) is 3.23. The lowest BCUT2D eigenvalue weighted by Crippen LogP contribution is -2.33. The first-order valence-corrected chi connectivity index (χ1v) is 9.44. The van der Waals surface area contributed by atoms with Crippen LogP contribution in [0, 0.1) is 17.0 Å². The Bertz CT molecular complexity index is 915. The van der Waals surface area contributed by atoms with Crippen LogP contribution in [0.15, 0.2) is 36.4 Å². The van der Waals surface area contributed by atoms with Gasteiger partial charge in [0.1, 0.15) is 17.2 Å². The Hall–Kier alpha value is -3.13. The quantitative estimate of drug-likeness (QED) is 0.564. The van der Waals surface area contributed by atoms with E-state index < -0.39 is 4.92 Å². The van der Waals surface area contributed by atoms with E-state index >= 15 is 0 Å². The fourth-order valence-electron chi connectivity index (χ4n) is 3.80. The highest BCUT2D eigenvalue weighted by atomic mass is 16.6. The Morgan fingerprint density at radius 1 is 1.28 bits per heavy atom. The molecule has 1 aliphatic heterocycles. The predicted molar refractivity (Wildman–Crippen MR) is 110 cm³/mol. The lowest BCUT2D eigenvalue weighted by atomic mass is 10.0. The van der Waals surface area contributed by atoms with Gasteiger partial charge >= 0.3 is 0 Å². The molecule has 0 spiro atoms. The first-order valence-electron chi connectivity index (χ1n) is 9.44. The van der Waals surface area contributed by atoms with Gasteiger partial charge in [0, 0.05) is 17.7 Å². The average molecular weight is 399 g/mol. The second-order valence-corrected chi connectivity index (χ2v) is 7.01. The molecule has 0 unspecified atom stereocenters. The molecule has 1 amide bonds. The first-order chi connectivity index (χ1) is 13.9. The van der Waals surface area contributed by atoms with Crippen LogP contribution in [0.5, 0.6) is 11.5 Å². The van der Waals surface area contributed by atoms with Crippen molar-refractivity contribution in [2.24, 2.45) is 0 Å². The molecule has 2 aromatic rings. The first kappa shape index (κ1) is 20.6. The molecule has 0 radical (unpaired) electrons. The van der Waals surface area contributed by atoms with Crippen molar-refractivity contribution in [2.75, 3.05) is 32.6 Å². The lowest BCUT2D eigenvalue weighted by Gasteiger charge is -2.26. The van der Waals surface area contributed by atoms with E-state index in [0.29, 0.717) is 5.56 Å². The summed E-state index contributed by atoms with van der Waals surface area (Å²) in [6, 6.07) is 10.4. The highest BCUT2D eigenvalue weighted by Crippen LogP contribution is 2.38. The molecule has 3 rings (SSSR count). The van der Waals surface area contributed by atoms with Crippen LogP contribution < -0.4 is 14.8 Å². The summed E-state index contributed by atoms with van der Waals surface area (Å²) in [6.45, 7) is 2.63. The molecule has 1 atom stereocenters. The Morgan fingerprint density at radius 2 is 2.07 bits per heavy atom. The average Bonchev–Trinajstić information content (AvgIpc) is 3.16. The van der Waals surface area contributed by atoms with Crippen LogP contribution in [0.25, 0.3) is 0 Å². The number of carbonyl (C=O) groups is 1. The van der Waals surface area contributed by atoms with Gasteiger partial charge in [0.2, 0.25) is 5.91 Å². The maximum atomic E-state index is 12.7. The summed E-state index contributed by atoms with van der Waals surface area (Å²) < 4.78 is 10.8. The Morgan fingerprint density at radius 3 is 2.76 bits per heavy atom. The van der Waals surface area contributed by atoms with Crippen LogP contribution in [0.1, 0.15) is 30.0 Å². The number of ether oxygens (including phenoxy) is 2. The van der Waals surface area contributed by atoms with Gasteiger partial charge in [-0.2, -0.15) is 0 Å². The van der Waals surface area contributed by atoms with Crippen LogP contribution in [-0.2, 0) is 4.79 Å². The normalized spacial score (nSPS) is 16.4. The van der Waals surface area contributed by atoms with Crippen molar-refractivity contribution in [3.05, 3.63) is 57.6 Å². The third-order valence-corrected chi connectivity index (χ3v) is 5.22. The summed E-state index contributed by atoms with van der Waals surface area (Å²) in [5.41, 5.74) is 1.77. The van der Waals surface area contributed by atoms with Gasteiger partial charge < -0.3 is 14.8 Å². The summed E-state index contributed by atoms with van der Waals surface area (Å²) in [6.07, 6.45) is 1.84. The van der Waals surface area contributed by atoms with Crippen molar-refractivity contribution in [1.82, 2.24) is 4.90 Å². The molecule has 0 aliphatic carbocycles. The minimum absolute atomic E-state index is 0.0117. The van der Waals surface area contributed by atoms with Gasteiger partial charge in [-0.05, 0) is 50.1 Å². The van der Waals surface area contributed by atoms with Crippen molar-refractivity contribution in [3.8, 4) is 11.5 Å². The number of hydrogen-bond donors (Lipinski definition) is 1. The number of benzene rings is 2. The van der Waals surface area contributed by atoms with E-state index in [2.05, 4.69) is 10.2 Å². The molecule has 8 heteroatoms. The number of amides is 1. The molecule has 0 aromatic heterocycles. The smallest absolute Gasteiger partial charge is 0.293 e. The number of anilines is 1. The van der Waals surface area contributed by atoms with Crippen LogP contribution in [0.2, 0.25) is 0 Å². The SMILES string of the molecule is COc1ccc(OC)c([C@H]2CCCN2CC(=O)Nc2c(C)cccc2[N+](=O)[O-])c1. The molecular formula is C21H25N3O5. The number of carbonyl (C=O) groups excluding carboxylic acids is 1. The number of nitrogens with zero attached hydrogens (tertiary/aromatic N) is 2. The number of nitro benzene ring substituents is 1. The largest absolute Gasteiger partial charge is 0.497 e. The zero-order valence-electron chi connectivity index (χ0n) is 16.8. The summed E-state index contributed by atoms with van der Waals surface area (Å²) in [5, 5.41) is 14.0. The van der Waals surface area contributed by atoms with Crippen LogP contribution in [0.3, 0.4) is 0 Å². The third kappa shape index (κ3) is 4.48. The van der Waals surface area contributed by atoms with Gasteiger partial charge in [-0.25, -0.2) is 0 Å². The Labute approximate surface area is 169 Å². The summed E-state index contributed by atoms with van der Waals surface area (Å²) in [5.74, 6) is 1.20. The van der Waals surface area contributed by atoms with E-state index in [1.54, 1.807) is 33.3 Å². The number of methoxy groups -OCH3 is 2. The van der Waals surface area contributed by atoms with E-state index in [9.17, 15) is 14.9 Å². The van der Waals surface area contributed by atoms with Crippen LogP contribution in [0.4, 0.5) is 11.4 Å². The zero-order chi connectivity index (χ0) is 21.0. The second kappa shape index (κ2) is 8.91. The molecule has 1 N–H and O–H groups in total. The van der Waals surface area contributed by atoms with E-state index in [1.165, 1.54) is 6.07 Å². The molecule has 1 heterocycles. The maximum absolute atomic E-state index is 12.7. The predicted octanol–water partition coefficient (Wildman–Crippen LogP) is 3.70. The van der Waals surface area contributed by atoms with Gasteiger partial charge in [0.25, 0.3) is 5.69 Å². The Kier molecular flexibility index (Phi) is 6.33. The molecule has 1 saturated heterocycles. The van der Waals surface area contributed by atoms with E-state index in [-0.39, 0.29) is 29.9 Å². The van der Waals surface area contributed by atoms with Gasteiger partial charge in [0.15, 0.2) is 0 Å². The zero-order valence-corrected chi connectivity index (χ0v) is 16.8. The summed E-state index contributed by atoms with van der Waals surface area (Å²) in [4.78, 5) is 25.6. The highest BCUT2D eigenvalue weighted by molar-refractivity contribution is 5.95. The Balaban J connectivity index is 1.79. The number of nitro groups is 1. The number of nitrogens with one attached hydrogen (secondary N) is 1. The standard InChI is InChI=1S/C21H25N3O5/c1-14-6-4-7-18(24(26)27)21(14)22-20(25)13-23-11-5-8-17(23)16-12-15(28-2)9-10-19(16)29-3/h4,6-7,9-10,12,17H,5,8,11,13H2,1-3H3,(H,22,25)/t17-/m1/s1. The molecule has 1 fully saturated rings. The fraction of sp³-hybridized carbons (Fsp3) is 0.381. The molecular weight excluding hydrogens is 374 g/mol. The molecule has 0 bridgehead atoms. The lowest BCUT2D eigenvalue weighted by molar-refractivity contribution is -0.384. The number of rotatable bonds is 7. The number of likely N-dealkylation sites (tertiary alicyclic amines) is 1. The van der Waals surface area contributed by atoms with Crippen LogP contribution in [-0.4, -0.2) is 43.0 Å². The van der Waals surface area contributed by atoms with Gasteiger partial charge in [-0.1, -0.05) is 12.1 Å². The highest BCUT2D eigenvalue weighted by Gasteiger charge is 2.30. The van der Waals surface area contributed by atoms with E-state index in [1.807, 2.05) is 18.2 Å². The number of aryl methyl sites for hydroxylation is 1. The molecule has 2 aromatic carbocycles. The van der Waals surface area contributed by atoms with E-state index in [4.69, 9.17) is 9.47 Å². The second-order valence-electron chi connectivity index (χ2n) is 7.01. The minimum atomic E-state index is -0.484. The number of hydrogen-bond acceptors (Lipinski definition) is 6. The monoisotopic (exact) mass is 399 g/mol. The van der Waals surface area contributed by atoms with E-state index in [0.717, 1.165) is 36.4 Å². The molecule has 1 aliphatic rings. The maximum Gasteiger partial charge on any atom is 0.293 e. The van der Waals surface area contributed by atoms with Crippen molar-refractivity contribution >= 4 is 17.3 Å². The molecule has 154 valence electrons. The molecule has 29 heavy (non-hydrogen) atoms. The van der Waals surface area contributed by atoms with Gasteiger partial charge in [0.05, 0.1) is 25.7 Å². The van der Waals surface area contributed by atoms with Crippen LogP contribution >= 0.6 is 0 Å².